The van der Waals surface area contributed by atoms with Crippen LogP contribution in [0.1, 0.15) is 36.0 Å². The molecule has 0 bridgehead atoms. The molecule has 2 aromatic carbocycles. The van der Waals surface area contributed by atoms with Crippen molar-refractivity contribution >= 4 is 23.3 Å². The maximum Gasteiger partial charge on any atom is 0.319 e. The van der Waals surface area contributed by atoms with Crippen molar-refractivity contribution in [3.05, 3.63) is 59.2 Å². The molecule has 0 radical (unpaired) electrons. The zero-order valence-electron chi connectivity index (χ0n) is 17.0. The van der Waals surface area contributed by atoms with Crippen LogP contribution in [0.2, 0.25) is 0 Å². The van der Waals surface area contributed by atoms with Crippen molar-refractivity contribution in [3.63, 3.8) is 0 Å². The summed E-state index contributed by atoms with van der Waals surface area (Å²) in [7, 11) is 0. The standard InChI is InChI=1S/C23H28N4O3/c28-15-20-6-3-11-27(20)14-18-5-2-1-4-17(18)13-24-23(30)25-19-9-7-16-8-10-22(29)26-21(16)12-19/h1-2,4-5,7,9,12,20,28H,3,6,8,10-11,13-15H2,(H,26,29)(H2,24,25,30). The van der Waals surface area contributed by atoms with Crippen LogP contribution in [0.4, 0.5) is 16.2 Å². The van der Waals surface area contributed by atoms with E-state index in [0.29, 0.717) is 18.7 Å². The van der Waals surface area contributed by atoms with E-state index in [-0.39, 0.29) is 24.6 Å². The molecule has 2 aliphatic rings. The Kier molecular flexibility index (Phi) is 6.30. The molecule has 1 saturated heterocycles. The number of benzene rings is 2. The summed E-state index contributed by atoms with van der Waals surface area (Å²) in [6.45, 7) is 2.36. The molecule has 1 fully saturated rings. The summed E-state index contributed by atoms with van der Waals surface area (Å²) in [5, 5.41) is 18.2. The van der Waals surface area contributed by atoms with E-state index in [0.717, 1.165) is 54.7 Å². The lowest BCUT2D eigenvalue weighted by Gasteiger charge is -2.24. The highest BCUT2D eigenvalue weighted by Gasteiger charge is 2.24. The quantitative estimate of drug-likeness (QED) is 0.591. The van der Waals surface area contributed by atoms with Gasteiger partial charge in [-0.3, -0.25) is 9.69 Å². The van der Waals surface area contributed by atoms with Crippen LogP contribution in [0, 0.1) is 0 Å². The lowest BCUT2D eigenvalue weighted by Crippen LogP contribution is -2.33. The van der Waals surface area contributed by atoms with Crippen molar-refractivity contribution in [1.29, 1.82) is 0 Å². The number of fused-ring (bicyclic) bond motifs is 1. The van der Waals surface area contributed by atoms with Crippen LogP contribution in [0.3, 0.4) is 0 Å². The van der Waals surface area contributed by atoms with Crippen LogP contribution in [0.15, 0.2) is 42.5 Å². The van der Waals surface area contributed by atoms with Crippen molar-refractivity contribution in [3.8, 4) is 0 Å². The van der Waals surface area contributed by atoms with Gasteiger partial charge < -0.3 is 21.1 Å². The van der Waals surface area contributed by atoms with Gasteiger partial charge in [-0.05, 0) is 54.6 Å². The molecule has 0 aromatic heterocycles. The number of aryl methyl sites for hydroxylation is 1. The molecule has 3 amide bonds. The first-order valence-corrected chi connectivity index (χ1v) is 10.5. The molecular weight excluding hydrogens is 380 g/mol. The summed E-state index contributed by atoms with van der Waals surface area (Å²) in [6.07, 6.45) is 3.35. The Morgan fingerprint density at radius 3 is 2.83 bits per heavy atom. The largest absolute Gasteiger partial charge is 0.395 e. The van der Waals surface area contributed by atoms with E-state index >= 15 is 0 Å². The number of aliphatic hydroxyl groups excluding tert-OH is 1. The first-order chi connectivity index (χ1) is 14.6. The number of hydrogen-bond donors (Lipinski definition) is 4. The molecule has 0 spiro atoms. The first-order valence-electron chi connectivity index (χ1n) is 10.5. The molecule has 0 saturated carbocycles. The van der Waals surface area contributed by atoms with Crippen molar-refractivity contribution in [2.75, 3.05) is 23.8 Å². The van der Waals surface area contributed by atoms with Crippen molar-refractivity contribution in [1.82, 2.24) is 10.2 Å². The number of carbonyl (C=O) groups excluding carboxylic acids is 2. The molecule has 158 valence electrons. The second-order valence-corrected chi connectivity index (χ2v) is 7.95. The van der Waals surface area contributed by atoms with Crippen LogP contribution in [0.5, 0.6) is 0 Å². The molecule has 4 rings (SSSR count). The number of anilines is 2. The summed E-state index contributed by atoms with van der Waals surface area (Å²) < 4.78 is 0. The van der Waals surface area contributed by atoms with Gasteiger partial charge in [0.2, 0.25) is 5.91 Å². The van der Waals surface area contributed by atoms with Gasteiger partial charge in [-0.25, -0.2) is 4.79 Å². The molecule has 7 nitrogen and oxygen atoms in total. The van der Waals surface area contributed by atoms with Gasteiger partial charge in [0, 0.05) is 36.9 Å². The third-order valence-corrected chi connectivity index (χ3v) is 5.90. The normalized spacial score (nSPS) is 18.6. The van der Waals surface area contributed by atoms with Gasteiger partial charge >= 0.3 is 6.03 Å². The van der Waals surface area contributed by atoms with Crippen molar-refractivity contribution in [2.24, 2.45) is 0 Å². The fraction of sp³-hybridized carbons (Fsp3) is 0.391. The average Bonchev–Trinajstić information content (AvgIpc) is 3.20. The Hall–Kier alpha value is -2.90. The van der Waals surface area contributed by atoms with E-state index in [2.05, 4.69) is 26.9 Å². The summed E-state index contributed by atoms with van der Waals surface area (Å²) in [5.41, 5.74) is 4.71. The van der Waals surface area contributed by atoms with Gasteiger partial charge in [-0.15, -0.1) is 0 Å². The number of rotatable bonds is 6. The highest BCUT2D eigenvalue weighted by Crippen LogP contribution is 2.26. The predicted octanol–water partition coefficient (Wildman–Crippen LogP) is 2.85. The molecule has 0 aliphatic carbocycles. The number of carbonyl (C=O) groups is 2. The second kappa shape index (κ2) is 9.28. The molecule has 1 unspecified atom stereocenters. The molecule has 7 heteroatoms. The SMILES string of the molecule is O=C1CCc2ccc(NC(=O)NCc3ccccc3CN3CCCC3CO)cc2N1. The van der Waals surface area contributed by atoms with Crippen LogP contribution < -0.4 is 16.0 Å². The number of amides is 3. The number of nitrogens with zero attached hydrogens (tertiary/aromatic N) is 1. The minimum absolute atomic E-state index is 0.00199. The van der Waals surface area contributed by atoms with Gasteiger partial charge in [-0.1, -0.05) is 30.3 Å². The van der Waals surface area contributed by atoms with Crippen molar-refractivity contribution in [2.45, 2.75) is 44.8 Å². The summed E-state index contributed by atoms with van der Waals surface area (Å²) in [4.78, 5) is 26.3. The first kappa shape index (κ1) is 20.4. The highest BCUT2D eigenvalue weighted by atomic mass is 16.3. The predicted molar refractivity (Wildman–Crippen MR) is 116 cm³/mol. The number of hydrogen-bond acceptors (Lipinski definition) is 4. The zero-order chi connectivity index (χ0) is 20.9. The molecule has 2 aromatic rings. The lowest BCUT2D eigenvalue weighted by molar-refractivity contribution is -0.116. The fourth-order valence-corrected chi connectivity index (χ4v) is 4.21. The Labute approximate surface area is 176 Å². The topological polar surface area (TPSA) is 93.7 Å². The van der Waals surface area contributed by atoms with E-state index in [1.807, 2.05) is 30.3 Å². The molecular formula is C23H28N4O3. The van der Waals surface area contributed by atoms with Crippen molar-refractivity contribution < 1.29 is 14.7 Å². The number of nitrogens with one attached hydrogen (secondary N) is 3. The van der Waals surface area contributed by atoms with E-state index in [9.17, 15) is 14.7 Å². The van der Waals surface area contributed by atoms with E-state index in [1.54, 1.807) is 6.07 Å². The minimum atomic E-state index is -0.290. The minimum Gasteiger partial charge on any atom is -0.395 e. The second-order valence-electron chi connectivity index (χ2n) is 7.95. The molecule has 2 heterocycles. The van der Waals surface area contributed by atoms with E-state index in [1.165, 1.54) is 0 Å². The Morgan fingerprint density at radius 2 is 2.00 bits per heavy atom. The smallest absolute Gasteiger partial charge is 0.319 e. The third-order valence-electron chi connectivity index (χ3n) is 5.90. The maximum absolute atomic E-state index is 12.4. The van der Waals surface area contributed by atoms with Gasteiger partial charge in [0.1, 0.15) is 0 Å². The number of aliphatic hydroxyl groups is 1. The highest BCUT2D eigenvalue weighted by molar-refractivity contribution is 5.96. The Bertz CT molecular complexity index is 930. The Morgan fingerprint density at radius 1 is 1.17 bits per heavy atom. The van der Waals surface area contributed by atoms with Gasteiger partial charge in [0.25, 0.3) is 0 Å². The van der Waals surface area contributed by atoms with E-state index in [4.69, 9.17) is 0 Å². The summed E-state index contributed by atoms with van der Waals surface area (Å²) in [5.74, 6) is 0.00199. The Balaban J connectivity index is 1.35. The van der Waals surface area contributed by atoms with Gasteiger partial charge in [0.15, 0.2) is 0 Å². The zero-order valence-corrected chi connectivity index (χ0v) is 17.0. The summed E-state index contributed by atoms with van der Waals surface area (Å²) in [6, 6.07) is 13.6. The van der Waals surface area contributed by atoms with Crippen LogP contribution in [-0.4, -0.2) is 41.1 Å². The molecule has 30 heavy (non-hydrogen) atoms. The third kappa shape index (κ3) is 4.80. The lowest BCUT2D eigenvalue weighted by atomic mass is 10.0. The van der Waals surface area contributed by atoms with E-state index < -0.39 is 0 Å². The number of likely N-dealkylation sites (tertiary alicyclic amines) is 1. The van der Waals surface area contributed by atoms with Gasteiger partial charge in [-0.2, -0.15) is 0 Å². The van der Waals surface area contributed by atoms with Gasteiger partial charge in [0.05, 0.1) is 6.61 Å². The van der Waals surface area contributed by atoms with Crippen LogP contribution in [-0.2, 0) is 24.3 Å². The molecule has 2 aliphatic heterocycles. The average molecular weight is 409 g/mol. The summed E-state index contributed by atoms with van der Waals surface area (Å²) >= 11 is 0. The monoisotopic (exact) mass is 408 g/mol. The van der Waals surface area contributed by atoms with Crippen LogP contribution >= 0.6 is 0 Å². The van der Waals surface area contributed by atoms with Crippen LogP contribution in [0.25, 0.3) is 0 Å². The molecule has 1 atom stereocenters. The maximum atomic E-state index is 12.4. The molecule has 4 N–H and O–H groups in total. The fourth-order valence-electron chi connectivity index (χ4n) is 4.21. The number of urea groups is 1.